The molecular formula is C20H30BrClN4O4Si. The van der Waals surface area contributed by atoms with E-state index in [1.54, 1.807) is 0 Å². The molecule has 0 spiro atoms. The number of hydrogen-bond donors (Lipinski definition) is 1. The molecule has 0 unspecified atom stereocenters. The summed E-state index contributed by atoms with van der Waals surface area (Å²) in [6.07, 6.45) is 0.518. The lowest BCUT2D eigenvalue weighted by molar-refractivity contribution is -0.199. The van der Waals surface area contributed by atoms with E-state index in [1.807, 2.05) is 24.6 Å². The number of aromatic nitrogens is 3. The third-order valence-electron chi connectivity index (χ3n) is 6.41. The summed E-state index contributed by atoms with van der Waals surface area (Å²) >= 11 is 9.89. The van der Waals surface area contributed by atoms with Crippen molar-refractivity contribution in [3.8, 4) is 0 Å². The summed E-state index contributed by atoms with van der Waals surface area (Å²) in [6.45, 7) is 15.4. The van der Waals surface area contributed by atoms with Crippen LogP contribution in [0, 0.1) is 0 Å². The summed E-state index contributed by atoms with van der Waals surface area (Å²) in [7, 11) is -1.95. The zero-order valence-electron chi connectivity index (χ0n) is 18.9. The molecule has 0 saturated carbocycles. The van der Waals surface area contributed by atoms with Crippen LogP contribution < -0.4 is 5.73 Å². The van der Waals surface area contributed by atoms with E-state index in [1.165, 1.54) is 0 Å². The molecular weight excluding hydrogens is 504 g/mol. The maximum absolute atomic E-state index is 6.46. The summed E-state index contributed by atoms with van der Waals surface area (Å²) < 4.78 is 28.1. The molecule has 4 rings (SSSR count). The van der Waals surface area contributed by atoms with E-state index in [0.717, 1.165) is 4.47 Å². The number of fused-ring (bicyclic) bond motifs is 2. The lowest BCUT2D eigenvalue weighted by Gasteiger charge is -2.37. The molecule has 8 nitrogen and oxygen atoms in total. The molecule has 4 heterocycles. The van der Waals surface area contributed by atoms with Gasteiger partial charge in [0.1, 0.15) is 29.1 Å². The molecule has 0 radical (unpaired) electrons. The van der Waals surface area contributed by atoms with E-state index in [4.69, 9.17) is 36.0 Å². The minimum Gasteiger partial charge on any atom is -0.414 e. The third-order valence-corrected chi connectivity index (χ3v) is 11.8. The van der Waals surface area contributed by atoms with Gasteiger partial charge in [-0.25, -0.2) is 4.98 Å². The van der Waals surface area contributed by atoms with Crippen LogP contribution in [0.1, 0.15) is 40.8 Å². The van der Waals surface area contributed by atoms with Gasteiger partial charge >= 0.3 is 0 Å². The average Bonchev–Trinajstić information content (AvgIpc) is 3.20. The molecule has 2 saturated heterocycles. The van der Waals surface area contributed by atoms with Crippen LogP contribution in [-0.4, -0.2) is 53.6 Å². The average molecular weight is 534 g/mol. The van der Waals surface area contributed by atoms with E-state index in [-0.39, 0.29) is 34.5 Å². The lowest BCUT2D eigenvalue weighted by atomic mass is 10.1. The van der Waals surface area contributed by atoms with Crippen LogP contribution in [0.3, 0.4) is 0 Å². The molecule has 0 aromatic carbocycles. The molecule has 2 aliphatic heterocycles. The Morgan fingerprint density at radius 2 is 1.90 bits per heavy atom. The van der Waals surface area contributed by atoms with Gasteiger partial charge in [-0.05, 0) is 47.9 Å². The van der Waals surface area contributed by atoms with Crippen molar-refractivity contribution in [2.45, 2.75) is 83.1 Å². The van der Waals surface area contributed by atoms with Crippen molar-refractivity contribution in [1.29, 1.82) is 0 Å². The van der Waals surface area contributed by atoms with Crippen LogP contribution in [0.2, 0.25) is 23.3 Å². The topological polar surface area (TPSA) is 93.7 Å². The number of nitrogen functional groups attached to an aromatic ring is 1. The maximum Gasteiger partial charge on any atom is 0.223 e. The SMILES string of the molecule is CC1(C)O[C@@H]2[C@H](O1)[C@@H](CO[Si](C)(C)C(C)(C)C)O[C@H]2n1cc(Br)c2c(Cl)nc(N)nc21. The monoisotopic (exact) mass is 532 g/mol. The van der Waals surface area contributed by atoms with Crippen molar-refractivity contribution in [2.24, 2.45) is 0 Å². The molecule has 0 amide bonds. The molecule has 11 heteroatoms. The molecule has 2 aromatic rings. The first-order valence-corrected chi connectivity index (χ1v) is 14.4. The smallest absolute Gasteiger partial charge is 0.223 e. The van der Waals surface area contributed by atoms with Crippen molar-refractivity contribution in [1.82, 2.24) is 14.5 Å². The summed E-state index contributed by atoms with van der Waals surface area (Å²) in [6, 6.07) is 0. The van der Waals surface area contributed by atoms with Crippen LogP contribution in [0.15, 0.2) is 10.7 Å². The molecule has 0 bridgehead atoms. The molecule has 0 aliphatic carbocycles. The van der Waals surface area contributed by atoms with Gasteiger partial charge in [-0.3, -0.25) is 0 Å². The first-order valence-electron chi connectivity index (χ1n) is 10.3. The Morgan fingerprint density at radius 3 is 2.55 bits per heavy atom. The zero-order valence-corrected chi connectivity index (χ0v) is 22.2. The van der Waals surface area contributed by atoms with Gasteiger partial charge in [-0.15, -0.1) is 0 Å². The lowest BCUT2D eigenvalue weighted by Crippen LogP contribution is -2.44. The van der Waals surface area contributed by atoms with Gasteiger partial charge in [-0.1, -0.05) is 32.4 Å². The Kier molecular flexibility index (Phi) is 5.77. The second-order valence-corrected chi connectivity index (χ2v) is 16.2. The van der Waals surface area contributed by atoms with Crippen molar-refractivity contribution in [3.63, 3.8) is 0 Å². The number of rotatable bonds is 4. The van der Waals surface area contributed by atoms with E-state index in [9.17, 15) is 0 Å². The number of halogens is 2. The number of ether oxygens (including phenoxy) is 3. The van der Waals surface area contributed by atoms with E-state index in [0.29, 0.717) is 17.6 Å². The second-order valence-electron chi connectivity index (χ2n) is 10.2. The van der Waals surface area contributed by atoms with Crippen molar-refractivity contribution in [2.75, 3.05) is 12.3 Å². The van der Waals surface area contributed by atoms with Gasteiger partial charge in [0.15, 0.2) is 20.3 Å². The standard InChI is InChI=1S/C20H30BrClN4O4Si/c1-19(2,3)31(6,7)27-9-11-13-14(30-20(4,5)29-13)17(28-11)26-8-10(21)12-15(22)24-18(23)25-16(12)26/h8,11,13-14,17H,9H2,1-7H3,(H2,23,24,25)/t11-,13-,14-,17-/m1/s1. The van der Waals surface area contributed by atoms with Crippen LogP contribution >= 0.6 is 27.5 Å². The zero-order chi connectivity index (χ0) is 22.9. The fourth-order valence-corrected chi connectivity index (χ4v) is 5.78. The highest BCUT2D eigenvalue weighted by Gasteiger charge is 2.56. The largest absolute Gasteiger partial charge is 0.414 e. The molecule has 172 valence electrons. The molecule has 2 aliphatic rings. The normalized spacial score (nSPS) is 28.4. The predicted molar refractivity (Wildman–Crippen MR) is 126 cm³/mol. The summed E-state index contributed by atoms with van der Waals surface area (Å²) in [5.74, 6) is -0.626. The van der Waals surface area contributed by atoms with Crippen LogP contribution in [0.5, 0.6) is 0 Å². The van der Waals surface area contributed by atoms with Gasteiger partial charge in [0.25, 0.3) is 0 Å². The number of anilines is 1. The van der Waals surface area contributed by atoms with Gasteiger partial charge < -0.3 is 28.9 Å². The Bertz CT molecular complexity index is 1010. The fourth-order valence-electron chi connectivity index (χ4n) is 3.80. The van der Waals surface area contributed by atoms with Crippen molar-refractivity contribution >= 4 is 52.8 Å². The summed E-state index contributed by atoms with van der Waals surface area (Å²) in [4.78, 5) is 8.47. The summed E-state index contributed by atoms with van der Waals surface area (Å²) in [5, 5.41) is 1.06. The Morgan fingerprint density at radius 1 is 1.26 bits per heavy atom. The van der Waals surface area contributed by atoms with E-state index >= 15 is 0 Å². The molecule has 4 atom stereocenters. The Labute approximate surface area is 197 Å². The minimum absolute atomic E-state index is 0.0978. The Balaban J connectivity index is 1.68. The highest BCUT2D eigenvalue weighted by molar-refractivity contribution is 9.10. The first kappa shape index (κ1) is 23.4. The fraction of sp³-hybridized carbons (Fsp3) is 0.700. The molecule has 2 N–H and O–H groups in total. The molecule has 2 fully saturated rings. The molecule has 31 heavy (non-hydrogen) atoms. The summed E-state index contributed by atoms with van der Waals surface area (Å²) in [5.41, 5.74) is 6.44. The number of hydrogen-bond acceptors (Lipinski definition) is 7. The van der Waals surface area contributed by atoms with Gasteiger partial charge in [0.2, 0.25) is 5.95 Å². The maximum atomic E-state index is 6.46. The number of nitrogens with zero attached hydrogens (tertiary/aromatic N) is 3. The van der Waals surface area contributed by atoms with Gasteiger partial charge in [0, 0.05) is 10.7 Å². The molecule has 2 aromatic heterocycles. The van der Waals surface area contributed by atoms with E-state index in [2.05, 4.69) is 59.8 Å². The predicted octanol–water partition coefficient (Wildman–Crippen LogP) is 4.87. The second kappa shape index (κ2) is 7.65. The van der Waals surface area contributed by atoms with Crippen LogP contribution in [-0.2, 0) is 18.6 Å². The highest BCUT2D eigenvalue weighted by Crippen LogP contribution is 2.46. The van der Waals surface area contributed by atoms with Crippen LogP contribution in [0.25, 0.3) is 11.0 Å². The van der Waals surface area contributed by atoms with Crippen molar-refractivity contribution in [3.05, 3.63) is 15.8 Å². The quantitative estimate of drug-likeness (QED) is 0.443. The minimum atomic E-state index is -1.95. The highest BCUT2D eigenvalue weighted by atomic mass is 79.9. The van der Waals surface area contributed by atoms with Gasteiger partial charge in [-0.2, -0.15) is 4.98 Å². The van der Waals surface area contributed by atoms with Crippen LogP contribution in [0.4, 0.5) is 5.95 Å². The van der Waals surface area contributed by atoms with Crippen molar-refractivity contribution < 1.29 is 18.6 Å². The first-order chi connectivity index (χ1) is 14.2. The third kappa shape index (κ3) is 4.16. The van der Waals surface area contributed by atoms with E-state index < -0.39 is 20.3 Å². The number of nitrogens with two attached hydrogens (primary N) is 1. The van der Waals surface area contributed by atoms with Gasteiger partial charge in [0.05, 0.1) is 12.0 Å². The Hall–Kier alpha value is -0.753.